The monoisotopic (exact) mass is 551 g/mol. The van der Waals surface area contributed by atoms with Crippen LogP contribution in [0.3, 0.4) is 0 Å². The number of nitrogens with two attached hydrogens (primary N) is 1. The van der Waals surface area contributed by atoms with Crippen LogP contribution in [0.1, 0.15) is 24.7 Å². The van der Waals surface area contributed by atoms with E-state index in [4.69, 9.17) is 10.5 Å². The number of alkyl halides is 2. The molecular weight excluding hydrogens is 520 g/mol. The minimum Gasteiger partial charge on any atom is -0.378 e. The molecule has 1 saturated heterocycles. The third-order valence-electron chi connectivity index (χ3n) is 6.59. The number of rotatable bonds is 10. The van der Waals surface area contributed by atoms with E-state index in [0.717, 1.165) is 5.56 Å². The number of para-hydroxylation sites is 2. The first-order valence-corrected chi connectivity index (χ1v) is 13.1. The number of fused-ring (bicyclic) bond motifs is 1. The molecule has 11 nitrogen and oxygen atoms in total. The number of morpholine rings is 1. The van der Waals surface area contributed by atoms with Crippen molar-refractivity contribution in [1.82, 2.24) is 29.4 Å². The Kier molecular flexibility index (Phi) is 8.41. The molecule has 3 N–H and O–H groups in total. The number of carbonyl (C=O) groups excluding carboxylic acids is 1. The normalized spacial score (nSPS) is 14.5. The summed E-state index contributed by atoms with van der Waals surface area (Å²) in [4.78, 5) is 34.5. The summed E-state index contributed by atoms with van der Waals surface area (Å²) >= 11 is 0. The molecule has 4 aromatic rings. The Morgan fingerprint density at radius 2 is 1.82 bits per heavy atom. The maximum Gasteiger partial charge on any atom is 0.296 e. The number of anilines is 2. The van der Waals surface area contributed by atoms with Crippen molar-refractivity contribution in [3.63, 3.8) is 0 Å². The number of halogens is 2. The molecule has 1 fully saturated rings. The van der Waals surface area contributed by atoms with Gasteiger partial charge < -0.3 is 25.6 Å². The molecule has 0 saturated carbocycles. The maximum atomic E-state index is 14.1. The Morgan fingerprint density at radius 1 is 1.10 bits per heavy atom. The number of ether oxygens (including phenoxy) is 1. The van der Waals surface area contributed by atoms with Crippen molar-refractivity contribution in [3.8, 4) is 5.82 Å². The van der Waals surface area contributed by atoms with E-state index in [1.165, 1.54) is 4.57 Å². The fourth-order valence-electron chi connectivity index (χ4n) is 4.65. The number of hydrogen-bond donors (Lipinski definition) is 2. The zero-order chi connectivity index (χ0) is 28.1. The van der Waals surface area contributed by atoms with Gasteiger partial charge in [-0.3, -0.25) is 14.3 Å². The molecule has 4 heterocycles. The van der Waals surface area contributed by atoms with E-state index in [9.17, 15) is 13.6 Å². The Bertz CT molecular complexity index is 1440. The van der Waals surface area contributed by atoms with E-state index in [0.29, 0.717) is 62.8 Å². The molecule has 0 aliphatic carbocycles. The third-order valence-corrected chi connectivity index (χ3v) is 6.59. The summed E-state index contributed by atoms with van der Waals surface area (Å²) in [6.07, 6.45) is 0.508. The fourth-order valence-corrected chi connectivity index (χ4v) is 4.65. The lowest BCUT2D eigenvalue weighted by atomic mass is 10.2. The summed E-state index contributed by atoms with van der Waals surface area (Å²) in [6, 6.07) is 11.5. The molecule has 40 heavy (non-hydrogen) atoms. The van der Waals surface area contributed by atoms with Crippen LogP contribution in [0.2, 0.25) is 0 Å². The van der Waals surface area contributed by atoms with Gasteiger partial charge in [0.2, 0.25) is 11.9 Å². The van der Waals surface area contributed by atoms with Gasteiger partial charge in [0.1, 0.15) is 17.7 Å². The first kappa shape index (κ1) is 27.3. The Morgan fingerprint density at radius 3 is 2.55 bits per heavy atom. The summed E-state index contributed by atoms with van der Waals surface area (Å²) in [5.74, 6) is 0.261. The van der Waals surface area contributed by atoms with Crippen molar-refractivity contribution in [2.75, 3.05) is 49.6 Å². The lowest BCUT2D eigenvalue weighted by Crippen LogP contribution is -2.43. The first-order valence-electron chi connectivity index (χ1n) is 13.1. The van der Waals surface area contributed by atoms with Crippen LogP contribution in [0.25, 0.3) is 16.9 Å². The number of nitrogens with zero attached hydrogens (tertiary/aromatic N) is 7. The number of pyridine rings is 1. The Balaban J connectivity index is 1.50. The van der Waals surface area contributed by atoms with Gasteiger partial charge in [-0.05, 0) is 36.8 Å². The quantitative estimate of drug-likeness (QED) is 0.306. The number of benzene rings is 1. The molecule has 1 atom stereocenters. The number of carbonyl (C=O) groups is 1. The van der Waals surface area contributed by atoms with Crippen molar-refractivity contribution in [3.05, 3.63) is 66.2 Å². The SMILES string of the molecule is C[C@H](Nc1nc(N2CCOCC2)cc(-n2c(C(F)F)nc3ccccc32)n1)C(=O)N(CCN)Cc1ccncc1. The molecule has 1 aromatic carbocycles. The number of imidazole rings is 1. The third kappa shape index (κ3) is 6.00. The molecule has 0 bridgehead atoms. The van der Waals surface area contributed by atoms with Crippen LogP contribution in [0.5, 0.6) is 0 Å². The molecule has 3 aromatic heterocycles. The average Bonchev–Trinajstić information content (AvgIpc) is 3.38. The van der Waals surface area contributed by atoms with E-state index >= 15 is 0 Å². The van der Waals surface area contributed by atoms with Crippen molar-refractivity contribution in [1.29, 1.82) is 0 Å². The highest BCUT2D eigenvalue weighted by Gasteiger charge is 2.25. The second-order valence-electron chi connectivity index (χ2n) is 9.37. The largest absolute Gasteiger partial charge is 0.378 e. The summed E-state index contributed by atoms with van der Waals surface area (Å²) in [5.41, 5.74) is 7.64. The lowest BCUT2D eigenvalue weighted by Gasteiger charge is -2.29. The van der Waals surface area contributed by atoms with Crippen LogP contribution < -0.4 is 16.0 Å². The van der Waals surface area contributed by atoms with Crippen LogP contribution in [-0.4, -0.2) is 80.7 Å². The van der Waals surface area contributed by atoms with E-state index < -0.39 is 18.3 Å². The van der Waals surface area contributed by atoms with Crippen LogP contribution >= 0.6 is 0 Å². The van der Waals surface area contributed by atoms with Gasteiger partial charge >= 0.3 is 0 Å². The van der Waals surface area contributed by atoms with E-state index in [1.54, 1.807) is 54.5 Å². The topological polar surface area (TPSA) is 127 Å². The van der Waals surface area contributed by atoms with Crippen molar-refractivity contribution >= 4 is 28.7 Å². The summed E-state index contributed by atoms with van der Waals surface area (Å²) in [6.45, 7) is 4.89. The fraction of sp³-hybridized carbons (Fsp3) is 0.370. The van der Waals surface area contributed by atoms with E-state index in [-0.39, 0.29) is 17.7 Å². The van der Waals surface area contributed by atoms with Crippen LogP contribution in [0.15, 0.2) is 54.9 Å². The summed E-state index contributed by atoms with van der Waals surface area (Å²) in [5, 5.41) is 3.10. The van der Waals surface area contributed by atoms with Gasteiger partial charge in [-0.25, -0.2) is 13.8 Å². The highest BCUT2D eigenvalue weighted by Crippen LogP contribution is 2.29. The van der Waals surface area contributed by atoms with Crippen LogP contribution in [0.4, 0.5) is 20.5 Å². The van der Waals surface area contributed by atoms with Crippen molar-refractivity contribution < 1.29 is 18.3 Å². The van der Waals surface area contributed by atoms with E-state index in [1.807, 2.05) is 17.0 Å². The van der Waals surface area contributed by atoms with Gasteiger partial charge in [-0.2, -0.15) is 9.97 Å². The Hall–Kier alpha value is -4.23. The molecule has 0 radical (unpaired) electrons. The zero-order valence-corrected chi connectivity index (χ0v) is 22.1. The summed E-state index contributed by atoms with van der Waals surface area (Å²) in [7, 11) is 0. The second-order valence-corrected chi connectivity index (χ2v) is 9.37. The van der Waals surface area contributed by atoms with Crippen LogP contribution in [0, 0.1) is 0 Å². The highest BCUT2D eigenvalue weighted by atomic mass is 19.3. The average molecular weight is 552 g/mol. The van der Waals surface area contributed by atoms with Crippen LogP contribution in [-0.2, 0) is 16.1 Å². The van der Waals surface area contributed by atoms with Gasteiger partial charge in [0.15, 0.2) is 5.82 Å². The predicted molar refractivity (Wildman–Crippen MR) is 146 cm³/mol. The number of nitrogens with one attached hydrogen (secondary N) is 1. The Labute approximate surface area is 230 Å². The van der Waals surface area contributed by atoms with Gasteiger partial charge in [0, 0.05) is 51.2 Å². The zero-order valence-electron chi connectivity index (χ0n) is 22.1. The molecule has 1 amide bonds. The number of aromatic nitrogens is 5. The van der Waals surface area contributed by atoms with Gasteiger partial charge in [0.25, 0.3) is 6.43 Å². The molecular formula is C27H31F2N9O2. The number of hydrogen-bond acceptors (Lipinski definition) is 9. The standard InChI is InChI=1S/C27H31F2N9O2/c1-18(26(39)37(11-8-30)17-19-6-9-31-10-7-19)32-27-34-22(36-12-14-40-15-13-36)16-23(35-27)38-21-5-3-2-4-20(21)33-25(38)24(28)29/h2-7,9-10,16,18,24H,8,11-15,17,30H2,1H3,(H,32,34,35)/t18-/m0/s1. The van der Waals surface area contributed by atoms with Crippen molar-refractivity contribution in [2.45, 2.75) is 25.9 Å². The predicted octanol–water partition coefficient (Wildman–Crippen LogP) is 2.77. The number of amides is 1. The van der Waals surface area contributed by atoms with Gasteiger partial charge in [-0.15, -0.1) is 0 Å². The smallest absolute Gasteiger partial charge is 0.296 e. The minimum atomic E-state index is -2.83. The molecule has 0 spiro atoms. The minimum absolute atomic E-state index is 0.134. The van der Waals surface area contributed by atoms with E-state index in [2.05, 4.69) is 25.3 Å². The molecule has 13 heteroatoms. The second kappa shape index (κ2) is 12.3. The molecule has 1 aliphatic heterocycles. The molecule has 0 unspecified atom stereocenters. The maximum absolute atomic E-state index is 14.1. The van der Waals surface area contributed by atoms with Crippen molar-refractivity contribution in [2.24, 2.45) is 5.73 Å². The lowest BCUT2D eigenvalue weighted by molar-refractivity contribution is -0.132. The molecule has 210 valence electrons. The summed E-state index contributed by atoms with van der Waals surface area (Å²) < 4.78 is 35.1. The first-order chi connectivity index (χ1) is 19.4. The van der Waals surface area contributed by atoms with Gasteiger partial charge in [0.05, 0.1) is 24.2 Å². The molecule has 1 aliphatic rings. The van der Waals surface area contributed by atoms with Gasteiger partial charge in [-0.1, -0.05) is 12.1 Å². The molecule has 5 rings (SSSR count). The highest BCUT2D eigenvalue weighted by molar-refractivity contribution is 5.84.